The van der Waals surface area contributed by atoms with E-state index < -0.39 is 18.0 Å². The van der Waals surface area contributed by atoms with Crippen LogP contribution in [0.15, 0.2) is 12.4 Å². The van der Waals surface area contributed by atoms with Gasteiger partial charge in [0, 0.05) is 26.1 Å². The minimum Gasteiger partial charge on any atom is -0.391 e. The van der Waals surface area contributed by atoms with Gasteiger partial charge in [-0.15, -0.1) is 0 Å². The van der Waals surface area contributed by atoms with Crippen molar-refractivity contribution in [3.63, 3.8) is 0 Å². The lowest BCUT2D eigenvalue weighted by Gasteiger charge is -2.35. The second-order valence-electron chi connectivity index (χ2n) is 6.53. The fraction of sp³-hybridized carbons (Fsp3) is 0.667. The van der Waals surface area contributed by atoms with Crippen LogP contribution in [-0.2, 0) is 11.0 Å². The molecular weight excluding hydrogens is 325 g/mol. The van der Waals surface area contributed by atoms with Gasteiger partial charge in [0.1, 0.15) is 17.8 Å². The minimum absolute atomic E-state index is 0.175. The van der Waals surface area contributed by atoms with Gasteiger partial charge in [-0.1, -0.05) is 0 Å². The number of hydrogen-bond donors (Lipinski definition) is 2. The normalized spacial score (nSPS) is 30.1. The van der Waals surface area contributed by atoms with Crippen LogP contribution in [0.25, 0.3) is 0 Å². The first-order valence-electron chi connectivity index (χ1n) is 7.83. The molecule has 2 N–H and O–H groups in total. The maximum Gasteiger partial charge on any atom is 0.433 e. The Balaban J connectivity index is 1.72. The molecule has 1 aromatic rings. The molecule has 0 bridgehead atoms. The highest BCUT2D eigenvalue weighted by Gasteiger charge is 2.42. The molecule has 1 amide bonds. The van der Waals surface area contributed by atoms with Gasteiger partial charge in [0.25, 0.3) is 0 Å². The van der Waals surface area contributed by atoms with Gasteiger partial charge in [0.15, 0.2) is 0 Å². The van der Waals surface area contributed by atoms with Gasteiger partial charge in [-0.3, -0.25) is 4.79 Å². The number of rotatable bonds is 2. The van der Waals surface area contributed by atoms with Crippen LogP contribution in [-0.4, -0.2) is 46.2 Å². The average Bonchev–Trinajstić information content (AvgIpc) is 2.89. The highest BCUT2D eigenvalue weighted by atomic mass is 19.4. The van der Waals surface area contributed by atoms with E-state index in [0.717, 1.165) is 12.4 Å². The van der Waals surface area contributed by atoms with Crippen molar-refractivity contribution in [3.05, 3.63) is 18.1 Å². The number of amides is 1. The highest BCUT2D eigenvalue weighted by molar-refractivity contribution is 5.73. The summed E-state index contributed by atoms with van der Waals surface area (Å²) in [7, 11) is 0. The molecule has 2 aliphatic rings. The highest BCUT2D eigenvalue weighted by Crippen LogP contribution is 2.38. The number of nitrogens with zero attached hydrogens (tertiary/aromatic N) is 3. The van der Waals surface area contributed by atoms with Crippen LogP contribution in [0, 0.1) is 11.8 Å². The van der Waals surface area contributed by atoms with E-state index in [1.165, 1.54) is 6.92 Å². The number of carbonyl (C=O) groups is 1. The maximum atomic E-state index is 12.8. The number of fused-ring (bicyclic) bond motifs is 1. The van der Waals surface area contributed by atoms with Crippen LogP contribution in [0.1, 0.15) is 25.5 Å². The number of hydrogen-bond acceptors (Lipinski definition) is 5. The van der Waals surface area contributed by atoms with Crippen LogP contribution in [0.4, 0.5) is 19.0 Å². The fourth-order valence-corrected chi connectivity index (χ4v) is 3.71. The maximum absolute atomic E-state index is 12.8. The Kier molecular flexibility index (Phi) is 4.37. The van der Waals surface area contributed by atoms with Crippen molar-refractivity contribution in [2.45, 2.75) is 38.1 Å². The Morgan fingerprint density at radius 1 is 1.29 bits per heavy atom. The van der Waals surface area contributed by atoms with Crippen molar-refractivity contribution in [1.82, 2.24) is 15.3 Å². The summed E-state index contributed by atoms with van der Waals surface area (Å²) in [5.74, 6) is 0.430. The smallest absolute Gasteiger partial charge is 0.391 e. The van der Waals surface area contributed by atoms with E-state index in [1.807, 2.05) is 0 Å². The summed E-state index contributed by atoms with van der Waals surface area (Å²) in [5.41, 5.74) is -0.960. The number of halogens is 3. The van der Waals surface area contributed by atoms with Gasteiger partial charge in [0.2, 0.25) is 5.91 Å². The molecule has 3 rings (SSSR count). The van der Waals surface area contributed by atoms with Crippen molar-refractivity contribution >= 4 is 11.7 Å². The number of aliphatic hydroxyl groups is 1. The van der Waals surface area contributed by atoms with Crippen molar-refractivity contribution < 1.29 is 23.1 Å². The van der Waals surface area contributed by atoms with Crippen LogP contribution in [0.3, 0.4) is 0 Å². The van der Waals surface area contributed by atoms with Gasteiger partial charge in [0.05, 0.1) is 12.1 Å². The van der Waals surface area contributed by atoms with E-state index in [2.05, 4.69) is 15.3 Å². The van der Waals surface area contributed by atoms with Crippen molar-refractivity contribution in [2.75, 3.05) is 18.0 Å². The molecule has 0 unspecified atom stereocenters. The standard InChI is InChI=1S/C15H19F3N4O2/c1-8(23)21-11-2-9-5-22(6-10(9)3-12(11)24)14-4-13(15(16,17)18)19-7-20-14/h4,7,9-12,24H,2-3,5-6H2,1H3,(H,21,23)/t9-,10+,11-,12-/m1/s1. The zero-order valence-corrected chi connectivity index (χ0v) is 13.1. The quantitative estimate of drug-likeness (QED) is 0.843. The average molecular weight is 344 g/mol. The Bertz CT molecular complexity index is 625. The molecular formula is C15H19F3N4O2. The van der Waals surface area contributed by atoms with E-state index in [1.54, 1.807) is 4.90 Å². The molecule has 9 heteroatoms. The monoisotopic (exact) mass is 344 g/mol. The topological polar surface area (TPSA) is 78.4 Å². The predicted octanol–water partition coefficient (Wildman–Crippen LogP) is 1.21. The van der Waals surface area contributed by atoms with Gasteiger partial charge in [-0.05, 0) is 24.7 Å². The first-order chi connectivity index (χ1) is 11.2. The van der Waals surface area contributed by atoms with Gasteiger partial charge >= 0.3 is 6.18 Å². The lowest BCUT2D eigenvalue weighted by Crippen LogP contribution is -2.48. The lowest BCUT2D eigenvalue weighted by atomic mass is 9.77. The summed E-state index contributed by atoms with van der Waals surface area (Å²) < 4.78 is 38.4. The van der Waals surface area contributed by atoms with E-state index in [-0.39, 0.29) is 29.6 Å². The molecule has 0 aromatic carbocycles. The zero-order valence-electron chi connectivity index (χ0n) is 13.1. The third-order valence-corrected chi connectivity index (χ3v) is 4.80. The SMILES string of the molecule is CC(=O)N[C@@H]1C[C@@H]2CN(c3cc(C(F)(F)F)ncn3)C[C@@H]2C[C@H]1O. The van der Waals surface area contributed by atoms with E-state index in [4.69, 9.17) is 0 Å². The summed E-state index contributed by atoms with van der Waals surface area (Å²) in [6.07, 6.45) is -3.08. The van der Waals surface area contributed by atoms with E-state index in [9.17, 15) is 23.1 Å². The molecule has 1 aromatic heterocycles. The van der Waals surface area contributed by atoms with Gasteiger partial charge in [-0.2, -0.15) is 13.2 Å². The summed E-state index contributed by atoms with van der Waals surface area (Å²) in [4.78, 5) is 20.3. The number of carbonyl (C=O) groups excluding carboxylic acids is 1. The molecule has 1 aliphatic heterocycles. The minimum atomic E-state index is -4.50. The van der Waals surface area contributed by atoms with Gasteiger partial charge in [-0.25, -0.2) is 9.97 Å². The van der Waals surface area contributed by atoms with E-state index >= 15 is 0 Å². The number of aliphatic hydroxyl groups excluding tert-OH is 1. The molecule has 0 radical (unpaired) electrons. The van der Waals surface area contributed by atoms with Crippen molar-refractivity contribution in [2.24, 2.45) is 11.8 Å². The molecule has 2 fully saturated rings. The summed E-state index contributed by atoms with van der Waals surface area (Å²) >= 11 is 0. The molecule has 24 heavy (non-hydrogen) atoms. The Labute approximate surface area is 137 Å². The third-order valence-electron chi connectivity index (χ3n) is 4.80. The first-order valence-corrected chi connectivity index (χ1v) is 7.83. The first kappa shape index (κ1) is 16.9. The van der Waals surface area contributed by atoms with Crippen LogP contribution >= 0.6 is 0 Å². The number of alkyl halides is 3. The predicted molar refractivity (Wildman–Crippen MR) is 79.1 cm³/mol. The van der Waals surface area contributed by atoms with Crippen LogP contribution in [0.2, 0.25) is 0 Å². The number of aromatic nitrogens is 2. The van der Waals surface area contributed by atoms with Crippen LogP contribution in [0.5, 0.6) is 0 Å². The molecule has 1 aliphatic carbocycles. The van der Waals surface area contributed by atoms with Crippen LogP contribution < -0.4 is 10.2 Å². The Hall–Kier alpha value is -1.90. The largest absolute Gasteiger partial charge is 0.433 e. The molecule has 2 heterocycles. The summed E-state index contributed by atoms with van der Waals surface area (Å²) in [5, 5.41) is 12.9. The second-order valence-corrected chi connectivity index (χ2v) is 6.53. The molecule has 132 valence electrons. The second kappa shape index (κ2) is 6.19. The number of nitrogens with one attached hydrogen (secondary N) is 1. The van der Waals surface area contributed by atoms with Crippen molar-refractivity contribution in [3.8, 4) is 0 Å². The van der Waals surface area contributed by atoms with Gasteiger partial charge < -0.3 is 15.3 Å². The van der Waals surface area contributed by atoms with Crippen molar-refractivity contribution in [1.29, 1.82) is 0 Å². The fourth-order valence-electron chi connectivity index (χ4n) is 3.71. The number of anilines is 1. The molecule has 1 saturated heterocycles. The summed E-state index contributed by atoms with van der Waals surface area (Å²) in [6.45, 7) is 2.50. The van der Waals surface area contributed by atoms with E-state index in [0.29, 0.717) is 25.9 Å². The molecule has 1 saturated carbocycles. The Morgan fingerprint density at radius 3 is 2.58 bits per heavy atom. The summed E-state index contributed by atoms with van der Waals surface area (Å²) in [6, 6.07) is 0.652. The molecule has 4 atom stereocenters. The Morgan fingerprint density at radius 2 is 1.96 bits per heavy atom. The third kappa shape index (κ3) is 3.45. The molecule has 6 nitrogen and oxygen atoms in total. The molecule has 0 spiro atoms. The zero-order chi connectivity index (χ0) is 17.5. The lowest BCUT2D eigenvalue weighted by molar-refractivity contribution is -0.141.